The lowest BCUT2D eigenvalue weighted by Gasteiger charge is -2.14. The quantitative estimate of drug-likeness (QED) is 0.723. The molecule has 0 amide bonds. The van der Waals surface area contributed by atoms with Crippen LogP contribution in [0, 0.1) is 25.2 Å². The van der Waals surface area contributed by atoms with Gasteiger partial charge in [-0.2, -0.15) is 5.26 Å². The molecule has 1 aromatic carbocycles. The van der Waals surface area contributed by atoms with Crippen molar-refractivity contribution in [1.29, 1.82) is 5.26 Å². The van der Waals surface area contributed by atoms with E-state index in [4.69, 9.17) is 4.74 Å². The maximum Gasteiger partial charge on any atom is 0.182 e. The first-order chi connectivity index (χ1) is 11.7. The molecule has 0 saturated heterocycles. The average molecular weight is 315 g/mol. The lowest BCUT2D eigenvalue weighted by Crippen LogP contribution is -2.02. The summed E-state index contributed by atoms with van der Waals surface area (Å²) in [4.78, 5) is 8.58. The summed E-state index contributed by atoms with van der Waals surface area (Å²) in [5.41, 5.74) is 5.07. The first-order valence-electron chi connectivity index (χ1n) is 7.68. The maximum atomic E-state index is 9.33. The molecule has 4 nitrogen and oxygen atoms in total. The molecule has 0 atom stereocenters. The molecular weight excluding hydrogens is 298 g/mol. The number of benzene rings is 1. The number of aromatic nitrogens is 2. The van der Waals surface area contributed by atoms with Crippen molar-refractivity contribution in [2.24, 2.45) is 0 Å². The summed E-state index contributed by atoms with van der Waals surface area (Å²) < 4.78 is 5.93. The molecule has 24 heavy (non-hydrogen) atoms. The van der Waals surface area contributed by atoms with E-state index in [1.54, 1.807) is 6.20 Å². The van der Waals surface area contributed by atoms with Gasteiger partial charge in [-0.25, -0.2) is 4.98 Å². The number of pyridine rings is 2. The van der Waals surface area contributed by atoms with Crippen molar-refractivity contribution in [2.45, 2.75) is 20.5 Å². The zero-order chi connectivity index (χ0) is 16.9. The molecule has 4 heteroatoms. The Kier molecular flexibility index (Phi) is 4.53. The number of nitrogens with zero attached hydrogens (tertiary/aromatic N) is 3. The van der Waals surface area contributed by atoms with Crippen molar-refractivity contribution in [3.05, 3.63) is 77.4 Å². The van der Waals surface area contributed by atoms with Crippen LogP contribution >= 0.6 is 0 Å². The standard InChI is InChI=1S/C20H17N3O/c1-14-8-9-17(11-22-14)18-12-23-19(10-21)20(15(18)2)24-13-16-6-4-3-5-7-16/h3-9,11-12H,13H2,1-2H3. The molecule has 0 N–H and O–H groups in total. The molecule has 0 aliphatic rings. The van der Waals surface area contributed by atoms with Gasteiger partial charge in [-0.3, -0.25) is 4.98 Å². The van der Waals surface area contributed by atoms with Gasteiger partial charge in [0.05, 0.1) is 0 Å². The van der Waals surface area contributed by atoms with E-state index in [0.717, 1.165) is 27.9 Å². The van der Waals surface area contributed by atoms with Crippen molar-refractivity contribution >= 4 is 0 Å². The first kappa shape index (κ1) is 15.7. The van der Waals surface area contributed by atoms with Gasteiger partial charge in [-0.05, 0) is 25.5 Å². The molecule has 0 unspecified atom stereocenters. The van der Waals surface area contributed by atoms with E-state index >= 15 is 0 Å². The zero-order valence-electron chi connectivity index (χ0n) is 13.7. The van der Waals surface area contributed by atoms with Gasteiger partial charge in [-0.1, -0.05) is 36.4 Å². The van der Waals surface area contributed by atoms with Gasteiger partial charge in [0.25, 0.3) is 0 Å². The molecular formula is C20H17N3O. The van der Waals surface area contributed by atoms with Gasteiger partial charge in [0.1, 0.15) is 12.7 Å². The number of hydrogen-bond donors (Lipinski definition) is 0. The fourth-order valence-corrected chi connectivity index (χ4v) is 2.49. The highest BCUT2D eigenvalue weighted by molar-refractivity contribution is 5.69. The molecule has 0 fully saturated rings. The molecule has 0 saturated carbocycles. The Bertz CT molecular complexity index is 881. The van der Waals surface area contributed by atoms with E-state index in [-0.39, 0.29) is 0 Å². The van der Waals surface area contributed by atoms with E-state index < -0.39 is 0 Å². The normalized spacial score (nSPS) is 10.2. The summed E-state index contributed by atoms with van der Waals surface area (Å²) in [7, 11) is 0. The van der Waals surface area contributed by atoms with Crippen LogP contribution in [-0.2, 0) is 6.61 Å². The van der Waals surface area contributed by atoms with E-state index in [0.29, 0.717) is 18.1 Å². The average Bonchev–Trinajstić information content (AvgIpc) is 2.62. The predicted octanol–water partition coefficient (Wildman–Crippen LogP) is 4.21. The largest absolute Gasteiger partial charge is 0.486 e. The number of rotatable bonds is 4. The first-order valence-corrected chi connectivity index (χ1v) is 7.68. The van der Waals surface area contributed by atoms with Crippen molar-refractivity contribution in [3.63, 3.8) is 0 Å². The third-order valence-electron chi connectivity index (χ3n) is 3.84. The summed E-state index contributed by atoms with van der Waals surface area (Å²) in [6.07, 6.45) is 3.52. The van der Waals surface area contributed by atoms with Gasteiger partial charge < -0.3 is 4.74 Å². The van der Waals surface area contributed by atoms with Crippen molar-refractivity contribution in [3.8, 4) is 22.9 Å². The fourth-order valence-electron chi connectivity index (χ4n) is 2.49. The van der Waals surface area contributed by atoms with Crippen molar-refractivity contribution in [2.75, 3.05) is 0 Å². The van der Waals surface area contributed by atoms with Crippen LogP contribution in [0.1, 0.15) is 22.5 Å². The van der Waals surface area contributed by atoms with Gasteiger partial charge in [0.2, 0.25) is 0 Å². The summed E-state index contributed by atoms with van der Waals surface area (Å²) in [5, 5.41) is 9.33. The predicted molar refractivity (Wildman–Crippen MR) is 92.4 cm³/mol. The van der Waals surface area contributed by atoms with Gasteiger partial charge >= 0.3 is 0 Å². The maximum absolute atomic E-state index is 9.33. The Hall–Kier alpha value is -3.19. The third kappa shape index (κ3) is 3.26. The summed E-state index contributed by atoms with van der Waals surface area (Å²) in [6.45, 7) is 4.29. The van der Waals surface area contributed by atoms with E-state index in [9.17, 15) is 5.26 Å². The summed E-state index contributed by atoms with van der Waals surface area (Å²) >= 11 is 0. The Morgan fingerprint density at radius 3 is 2.46 bits per heavy atom. The summed E-state index contributed by atoms with van der Waals surface area (Å²) in [6, 6.07) is 15.9. The van der Waals surface area contributed by atoms with Crippen LogP contribution in [0.15, 0.2) is 54.9 Å². The van der Waals surface area contributed by atoms with E-state index in [1.165, 1.54) is 0 Å². The van der Waals surface area contributed by atoms with Gasteiger partial charge in [0, 0.05) is 34.8 Å². The van der Waals surface area contributed by atoms with Crippen LogP contribution in [0.4, 0.5) is 0 Å². The molecule has 2 heterocycles. The highest BCUT2D eigenvalue weighted by Crippen LogP contribution is 2.31. The molecule has 3 aromatic rings. The number of ether oxygens (including phenoxy) is 1. The van der Waals surface area contributed by atoms with E-state index in [1.807, 2.05) is 62.5 Å². The van der Waals surface area contributed by atoms with Gasteiger partial charge in [0.15, 0.2) is 11.4 Å². The Balaban J connectivity index is 1.96. The van der Waals surface area contributed by atoms with Gasteiger partial charge in [-0.15, -0.1) is 0 Å². The minimum absolute atomic E-state index is 0.298. The van der Waals surface area contributed by atoms with Crippen LogP contribution in [0.25, 0.3) is 11.1 Å². The number of nitriles is 1. The van der Waals surface area contributed by atoms with Crippen LogP contribution in [0.5, 0.6) is 5.75 Å². The molecule has 0 spiro atoms. The molecule has 2 aromatic heterocycles. The zero-order valence-corrected chi connectivity index (χ0v) is 13.7. The highest BCUT2D eigenvalue weighted by Gasteiger charge is 2.14. The minimum atomic E-state index is 0.298. The highest BCUT2D eigenvalue weighted by atomic mass is 16.5. The lowest BCUT2D eigenvalue weighted by atomic mass is 10.0. The molecule has 118 valence electrons. The minimum Gasteiger partial charge on any atom is -0.486 e. The molecule has 0 aliphatic carbocycles. The second kappa shape index (κ2) is 6.93. The van der Waals surface area contributed by atoms with Crippen LogP contribution in [-0.4, -0.2) is 9.97 Å². The topological polar surface area (TPSA) is 58.8 Å². The second-order valence-corrected chi connectivity index (χ2v) is 5.55. The fraction of sp³-hybridized carbons (Fsp3) is 0.150. The summed E-state index contributed by atoms with van der Waals surface area (Å²) in [5.74, 6) is 0.527. The molecule has 0 aliphatic heterocycles. The number of aryl methyl sites for hydroxylation is 1. The molecule has 3 rings (SSSR count). The third-order valence-corrected chi connectivity index (χ3v) is 3.84. The Morgan fingerprint density at radius 2 is 1.79 bits per heavy atom. The Morgan fingerprint density at radius 1 is 1.00 bits per heavy atom. The smallest absolute Gasteiger partial charge is 0.182 e. The Labute approximate surface area is 141 Å². The van der Waals surface area contributed by atoms with E-state index in [2.05, 4.69) is 16.0 Å². The molecule has 0 radical (unpaired) electrons. The molecule has 0 bridgehead atoms. The van der Waals surface area contributed by atoms with Crippen molar-refractivity contribution in [1.82, 2.24) is 9.97 Å². The second-order valence-electron chi connectivity index (χ2n) is 5.55. The van der Waals surface area contributed by atoms with Crippen LogP contribution in [0.2, 0.25) is 0 Å². The monoisotopic (exact) mass is 315 g/mol. The van der Waals surface area contributed by atoms with Crippen LogP contribution in [0.3, 0.4) is 0 Å². The van der Waals surface area contributed by atoms with Crippen molar-refractivity contribution < 1.29 is 4.74 Å². The van der Waals surface area contributed by atoms with Crippen LogP contribution < -0.4 is 4.74 Å². The number of hydrogen-bond acceptors (Lipinski definition) is 4. The lowest BCUT2D eigenvalue weighted by molar-refractivity contribution is 0.302. The SMILES string of the molecule is Cc1ccc(-c2cnc(C#N)c(OCc3ccccc3)c2C)cn1.